The fourth-order valence-electron chi connectivity index (χ4n) is 2.57. The maximum atomic E-state index is 12.4. The minimum atomic E-state index is -0.637. The molecule has 2 aromatic heterocycles. The lowest BCUT2D eigenvalue weighted by Gasteiger charge is -2.13. The van der Waals surface area contributed by atoms with Crippen LogP contribution in [0.5, 0.6) is 0 Å². The van der Waals surface area contributed by atoms with Crippen molar-refractivity contribution >= 4 is 17.5 Å². The van der Waals surface area contributed by atoms with Gasteiger partial charge < -0.3 is 10.1 Å². The Labute approximate surface area is 132 Å². The molecular weight excluding hydrogens is 298 g/mol. The van der Waals surface area contributed by atoms with Crippen LogP contribution in [0.2, 0.25) is 0 Å². The van der Waals surface area contributed by atoms with Crippen molar-refractivity contribution in [3.8, 4) is 0 Å². The third-order valence-corrected chi connectivity index (χ3v) is 4.23. The van der Waals surface area contributed by atoms with Crippen LogP contribution in [0.15, 0.2) is 29.3 Å². The summed E-state index contributed by atoms with van der Waals surface area (Å²) in [4.78, 5) is 40.5. The number of carbonyl (C=O) groups excluding carboxylic acids is 2. The summed E-state index contributed by atoms with van der Waals surface area (Å²) >= 11 is 0. The normalized spacial score (nSPS) is 15.2. The average Bonchev–Trinajstić information content (AvgIpc) is 3.34. The number of methoxy groups -OCH3 is 1. The van der Waals surface area contributed by atoms with Crippen molar-refractivity contribution in [2.75, 3.05) is 13.7 Å². The van der Waals surface area contributed by atoms with Crippen LogP contribution in [0, 0.1) is 12.3 Å². The third-order valence-electron chi connectivity index (χ3n) is 4.23. The van der Waals surface area contributed by atoms with E-state index >= 15 is 0 Å². The molecule has 1 aliphatic carbocycles. The Balaban J connectivity index is 1.84. The summed E-state index contributed by atoms with van der Waals surface area (Å²) in [5, 5.41) is 2.64. The zero-order chi connectivity index (χ0) is 16.6. The molecule has 1 saturated carbocycles. The molecule has 23 heavy (non-hydrogen) atoms. The number of nitrogens with zero attached hydrogens (tertiary/aromatic N) is 2. The molecule has 1 N–H and O–H groups in total. The fraction of sp³-hybridized carbons (Fsp3) is 0.375. The van der Waals surface area contributed by atoms with E-state index in [0.29, 0.717) is 18.5 Å². The van der Waals surface area contributed by atoms with Gasteiger partial charge in [-0.3, -0.25) is 18.8 Å². The molecule has 2 aromatic rings. The summed E-state index contributed by atoms with van der Waals surface area (Å²) in [5.74, 6) is -0.865. The smallest absolute Gasteiger partial charge is 0.313 e. The van der Waals surface area contributed by atoms with Crippen LogP contribution in [-0.4, -0.2) is 34.9 Å². The van der Waals surface area contributed by atoms with Crippen LogP contribution in [0.4, 0.5) is 0 Å². The minimum Gasteiger partial charge on any atom is -0.469 e. The predicted molar refractivity (Wildman–Crippen MR) is 82.2 cm³/mol. The van der Waals surface area contributed by atoms with Gasteiger partial charge in [0, 0.05) is 18.9 Å². The number of aromatic nitrogens is 2. The second kappa shape index (κ2) is 5.49. The van der Waals surface area contributed by atoms with Crippen molar-refractivity contribution < 1.29 is 14.3 Å². The van der Waals surface area contributed by atoms with Gasteiger partial charge in [-0.2, -0.15) is 0 Å². The van der Waals surface area contributed by atoms with E-state index in [1.807, 2.05) is 13.0 Å². The lowest BCUT2D eigenvalue weighted by atomic mass is 10.1. The molecule has 0 bridgehead atoms. The number of esters is 1. The summed E-state index contributed by atoms with van der Waals surface area (Å²) in [6.07, 6.45) is 4.20. The number of amides is 1. The Hall–Kier alpha value is -2.70. The van der Waals surface area contributed by atoms with Crippen LogP contribution in [0.25, 0.3) is 5.65 Å². The number of aryl methyl sites for hydroxylation is 1. The maximum absolute atomic E-state index is 12.4. The molecule has 0 unspecified atom stereocenters. The van der Waals surface area contributed by atoms with Gasteiger partial charge in [0.25, 0.3) is 11.5 Å². The highest BCUT2D eigenvalue weighted by atomic mass is 16.5. The minimum absolute atomic E-state index is 0.0474. The molecule has 1 amide bonds. The summed E-state index contributed by atoms with van der Waals surface area (Å²) < 4.78 is 6.09. The van der Waals surface area contributed by atoms with Gasteiger partial charge in [-0.15, -0.1) is 0 Å². The highest BCUT2D eigenvalue weighted by molar-refractivity contribution is 5.94. The van der Waals surface area contributed by atoms with Crippen molar-refractivity contribution in [1.82, 2.24) is 14.7 Å². The van der Waals surface area contributed by atoms with E-state index in [9.17, 15) is 14.4 Å². The standard InChI is InChI=1S/C16H17N3O4/c1-10-4-3-7-19-12(10)17-8-11(14(19)21)13(20)18-9-16(5-6-16)15(22)23-2/h3-4,7-8H,5-6,9H2,1-2H3,(H,18,20). The molecule has 120 valence electrons. The van der Waals surface area contributed by atoms with Gasteiger partial charge in [0.1, 0.15) is 11.2 Å². The summed E-state index contributed by atoms with van der Waals surface area (Å²) in [5.41, 5.74) is 0.246. The van der Waals surface area contributed by atoms with Crippen LogP contribution < -0.4 is 10.9 Å². The Morgan fingerprint density at radius 2 is 2.17 bits per heavy atom. The molecular formula is C16H17N3O4. The monoisotopic (exact) mass is 315 g/mol. The first-order chi connectivity index (χ1) is 11.0. The third kappa shape index (κ3) is 2.58. The zero-order valence-electron chi connectivity index (χ0n) is 13.0. The SMILES string of the molecule is COC(=O)C1(CNC(=O)c2cnc3c(C)cccn3c2=O)CC1. The highest BCUT2D eigenvalue weighted by Crippen LogP contribution is 2.46. The lowest BCUT2D eigenvalue weighted by molar-refractivity contribution is -0.146. The van der Waals surface area contributed by atoms with E-state index in [0.717, 1.165) is 5.56 Å². The van der Waals surface area contributed by atoms with E-state index in [-0.39, 0.29) is 18.1 Å². The molecule has 1 aliphatic rings. The molecule has 0 radical (unpaired) electrons. The molecule has 0 aliphatic heterocycles. The van der Waals surface area contributed by atoms with Crippen molar-refractivity contribution in [1.29, 1.82) is 0 Å². The van der Waals surface area contributed by atoms with Gasteiger partial charge in [0.05, 0.1) is 12.5 Å². The van der Waals surface area contributed by atoms with E-state index in [1.165, 1.54) is 17.7 Å². The predicted octanol–water partition coefficient (Wildman–Crippen LogP) is 0.686. The van der Waals surface area contributed by atoms with Crippen LogP contribution in [0.3, 0.4) is 0 Å². The first-order valence-corrected chi connectivity index (χ1v) is 7.32. The zero-order valence-corrected chi connectivity index (χ0v) is 13.0. The number of pyridine rings is 1. The van der Waals surface area contributed by atoms with E-state index < -0.39 is 16.9 Å². The summed E-state index contributed by atoms with van der Waals surface area (Å²) in [6, 6.07) is 3.57. The van der Waals surface area contributed by atoms with E-state index in [2.05, 4.69) is 10.3 Å². The molecule has 0 spiro atoms. The second-order valence-corrected chi connectivity index (χ2v) is 5.82. The van der Waals surface area contributed by atoms with Gasteiger partial charge in [0.15, 0.2) is 0 Å². The van der Waals surface area contributed by atoms with Crippen molar-refractivity contribution in [2.24, 2.45) is 5.41 Å². The summed E-state index contributed by atoms with van der Waals surface area (Å²) in [6.45, 7) is 2.00. The first-order valence-electron chi connectivity index (χ1n) is 7.32. The number of fused-ring (bicyclic) bond motifs is 1. The van der Waals surface area contributed by atoms with Gasteiger partial charge in [0.2, 0.25) is 0 Å². The Morgan fingerprint density at radius 1 is 1.43 bits per heavy atom. The van der Waals surface area contributed by atoms with Gasteiger partial charge >= 0.3 is 5.97 Å². The number of hydrogen-bond acceptors (Lipinski definition) is 5. The molecule has 0 atom stereocenters. The molecule has 7 heteroatoms. The van der Waals surface area contributed by atoms with E-state index in [4.69, 9.17) is 4.74 Å². The average molecular weight is 315 g/mol. The number of carbonyl (C=O) groups is 2. The lowest BCUT2D eigenvalue weighted by Crippen LogP contribution is -2.37. The Morgan fingerprint density at radius 3 is 2.83 bits per heavy atom. The quantitative estimate of drug-likeness (QED) is 0.838. The highest BCUT2D eigenvalue weighted by Gasteiger charge is 2.51. The number of ether oxygens (including phenoxy) is 1. The second-order valence-electron chi connectivity index (χ2n) is 5.82. The summed E-state index contributed by atoms with van der Waals surface area (Å²) in [7, 11) is 1.33. The molecule has 7 nitrogen and oxygen atoms in total. The Bertz CT molecular complexity index is 852. The van der Waals surface area contributed by atoms with E-state index in [1.54, 1.807) is 12.3 Å². The van der Waals surface area contributed by atoms with Crippen LogP contribution in [-0.2, 0) is 9.53 Å². The number of rotatable bonds is 4. The van der Waals surface area contributed by atoms with Crippen molar-refractivity contribution in [2.45, 2.75) is 19.8 Å². The van der Waals surface area contributed by atoms with Crippen molar-refractivity contribution in [3.05, 3.63) is 46.0 Å². The number of nitrogens with one attached hydrogen (secondary N) is 1. The van der Waals surface area contributed by atoms with Crippen LogP contribution in [0.1, 0.15) is 28.8 Å². The topological polar surface area (TPSA) is 89.8 Å². The van der Waals surface area contributed by atoms with Gasteiger partial charge in [-0.05, 0) is 31.4 Å². The molecule has 1 fully saturated rings. The molecule has 0 saturated heterocycles. The van der Waals surface area contributed by atoms with Crippen LogP contribution >= 0.6 is 0 Å². The largest absolute Gasteiger partial charge is 0.469 e. The molecule has 3 rings (SSSR count). The van der Waals surface area contributed by atoms with Gasteiger partial charge in [-0.25, -0.2) is 4.98 Å². The first kappa shape index (κ1) is 15.2. The fourth-order valence-corrected chi connectivity index (χ4v) is 2.57. The van der Waals surface area contributed by atoms with Crippen molar-refractivity contribution in [3.63, 3.8) is 0 Å². The number of hydrogen-bond donors (Lipinski definition) is 1. The van der Waals surface area contributed by atoms with Gasteiger partial charge in [-0.1, -0.05) is 6.07 Å². The molecule has 0 aromatic carbocycles. The Kier molecular flexibility index (Phi) is 3.63. The maximum Gasteiger partial charge on any atom is 0.313 e. The molecule has 2 heterocycles.